The van der Waals surface area contributed by atoms with Crippen LogP contribution < -0.4 is 9.47 Å². The molecule has 0 saturated carbocycles. The zero-order valence-electron chi connectivity index (χ0n) is 16.5. The Morgan fingerprint density at radius 1 is 1.07 bits per heavy atom. The lowest BCUT2D eigenvalue weighted by Crippen LogP contribution is -2.45. The lowest BCUT2D eigenvalue weighted by molar-refractivity contribution is 0.123. The van der Waals surface area contributed by atoms with Crippen molar-refractivity contribution in [3.63, 3.8) is 0 Å². The quantitative estimate of drug-likeness (QED) is 0.701. The van der Waals surface area contributed by atoms with Gasteiger partial charge in [-0.1, -0.05) is 29.8 Å². The van der Waals surface area contributed by atoms with Crippen LogP contribution in [0.4, 0.5) is 0 Å². The van der Waals surface area contributed by atoms with Crippen molar-refractivity contribution in [1.82, 2.24) is 9.80 Å². The van der Waals surface area contributed by atoms with Crippen LogP contribution in [0.1, 0.15) is 23.7 Å². The molecule has 0 bridgehead atoms. The first-order valence-corrected chi connectivity index (χ1v) is 9.90. The number of benzene rings is 2. The molecular formula is C22H29ClN2O2. The Morgan fingerprint density at radius 3 is 2.59 bits per heavy atom. The Morgan fingerprint density at radius 2 is 1.85 bits per heavy atom. The van der Waals surface area contributed by atoms with Crippen LogP contribution >= 0.6 is 11.6 Å². The van der Waals surface area contributed by atoms with Gasteiger partial charge >= 0.3 is 0 Å². The lowest BCUT2D eigenvalue weighted by Gasteiger charge is -2.33. The number of likely N-dealkylation sites (N-methyl/N-ethyl adjacent to an activating group) is 1. The number of methoxy groups -OCH3 is 1. The third-order valence-corrected chi connectivity index (χ3v) is 5.44. The average molecular weight is 389 g/mol. The van der Waals surface area contributed by atoms with Crippen LogP contribution in [0.2, 0.25) is 5.02 Å². The summed E-state index contributed by atoms with van der Waals surface area (Å²) in [6, 6.07) is 14.0. The summed E-state index contributed by atoms with van der Waals surface area (Å²) < 4.78 is 11.8. The van der Waals surface area contributed by atoms with E-state index < -0.39 is 0 Å². The molecule has 1 aliphatic heterocycles. The third kappa shape index (κ3) is 5.61. The minimum atomic E-state index is -0.0703. The maximum Gasteiger partial charge on any atom is 0.139 e. The topological polar surface area (TPSA) is 24.9 Å². The van der Waals surface area contributed by atoms with Gasteiger partial charge in [0, 0.05) is 39.1 Å². The largest absolute Gasteiger partial charge is 0.497 e. The van der Waals surface area contributed by atoms with E-state index in [4.69, 9.17) is 21.1 Å². The average Bonchev–Trinajstić information content (AvgIpc) is 2.69. The lowest BCUT2D eigenvalue weighted by atomic mass is 10.1. The van der Waals surface area contributed by atoms with Gasteiger partial charge in [0.1, 0.15) is 17.6 Å². The molecule has 1 unspecified atom stereocenters. The standard InChI is InChI=1S/C22H29ClN2O2/c1-17-7-8-20(23)22(15-17)27-21(18-5-4-6-19(16-18)26-3)9-10-25-13-11-24(2)12-14-25/h4-8,15-16,21H,9-14H2,1-3H3. The minimum absolute atomic E-state index is 0.0703. The van der Waals surface area contributed by atoms with E-state index >= 15 is 0 Å². The van der Waals surface area contributed by atoms with Gasteiger partial charge in [0.05, 0.1) is 12.1 Å². The van der Waals surface area contributed by atoms with E-state index in [1.165, 1.54) is 0 Å². The molecule has 2 aromatic rings. The van der Waals surface area contributed by atoms with Gasteiger partial charge in [-0.2, -0.15) is 0 Å². The van der Waals surface area contributed by atoms with Gasteiger partial charge < -0.3 is 19.3 Å². The Hall–Kier alpha value is -1.75. The normalized spacial score (nSPS) is 16.9. The molecule has 1 fully saturated rings. The molecule has 27 heavy (non-hydrogen) atoms. The molecule has 146 valence electrons. The Balaban J connectivity index is 1.76. The van der Waals surface area contributed by atoms with Crippen molar-refractivity contribution in [1.29, 1.82) is 0 Å². The number of ether oxygens (including phenoxy) is 2. The van der Waals surface area contributed by atoms with Crippen LogP contribution in [0, 0.1) is 6.92 Å². The van der Waals surface area contributed by atoms with Crippen LogP contribution in [0.15, 0.2) is 42.5 Å². The van der Waals surface area contributed by atoms with Gasteiger partial charge in [-0.15, -0.1) is 0 Å². The molecule has 3 rings (SSSR count). The second-order valence-corrected chi connectivity index (χ2v) is 7.66. The Kier molecular flexibility index (Phi) is 7.00. The summed E-state index contributed by atoms with van der Waals surface area (Å²) in [5.74, 6) is 1.58. The highest BCUT2D eigenvalue weighted by molar-refractivity contribution is 6.32. The Bertz CT molecular complexity index is 745. The first-order chi connectivity index (χ1) is 13.0. The highest BCUT2D eigenvalue weighted by atomic mass is 35.5. The van der Waals surface area contributed by atoms with Crippen LogP contribution in [0.25, 0.3) is 0 Å². The van der Waals surface area contributed by atoms with Crippen molar-refractivity contribution in [3.8, 4) is 11.5 Å². The molecular weight excluding hydrogens is 360 g/mol. The van der Waals surface area contributed by atoms with Crippen molar-refractivity contribution in [2.24, 2.45) is 0 Å². The molecule has 0 amide bonds. The number of hydrogen-bond donors (Lipinski definition) is 0. The monoisotopic (exact) mass is 388 g/mol. The Labute approximate surface area is 167 Å². The van der Waals surface area contributed by atoms with E-state index in [1.807, 2.05) is 37.3 Å². The summed E-state index contributed by atoms with van der Waals surface area (Å²) >= 11 is 6.39. The maximum absolute atomic E-state index is 6.40. The fourth-order valence-electron chi connectivity index (χ4n) is 3.36. The molecule has 5 heteroatoms. The van der Waals surface area contributed by atoms with Gasteiger partial charge in [0.25, 0.3) is 0 Å². The summed E-state index contributed by atoms with van der Waals surface area (Å²) in [5, 5.41) is 0.646. The molecule has 0 radical (unpaired) electrons. The molecule has 4 nitrogen and oxygen atoms in total. The van der Waals surface area contributed by atoms with Crippen LogP contribution in [0.3, 0.4) is 0 Å². The minimum Gasteiger partial charge on any atom is -0.497 e. The number of halogens is 1. The molecule has 1 atom stereocenters. The predicted molar refractivity (Wildman–Crippen MR) is 111 cm³/mol. The second kappa shape index (κ2) is 9.45. The summed E-state index contributed by atoms with van der Waals surface area (Å²) in [6.45, 7) is 7.50. The molecule has 1 saturated heterocycles. The predicted octanol–water partition coefficient (Wildman–Crippen LogP) is 4.41. The van der Waals surface area contributed by atoms with Crippen molar-refractivity contribution in [3.05, 3.63) is 58.6 Å². The fourth-order valence-corrected chi connectivity index (χ4v) is 3.52. The smallest absolute Gasteiger partial charge is 0.139 e. The fraction of sp³-hybridized carbons (Fsp3) is 0.455. The maximum atomic E-state index is 6.40. The van der Waals surface area contributed by atoms with E-state index in [9.17, 15) is 0 Å². The van der Waals surface area contributed by atoms with Gasteiger partial charge in [0.2, 0.25) is 0 Å². The zero-order valence-corrected chi connectivity index (χ0v) is 17.2. The number of rotatable bonds is 7. The van der Waals surface area contributed by atoms with Crippen LogP contribution in [-0.2, 0) is 0 Å². The number of nitrogens with zero attached hydrogens (tertiary/aromatic N) is 2. The highest BCUT2D eigenvalue weighted by Gasteiger charge is 2.20. The second-order valence-electron chi connectivity index (χ2n) is 7.25. The SMILES string of the molecule is COc1cccc(C(CCN2CCN(C)CC2)Oc2cc(C)ccc2Cl)c1. The third-order valence-electron chi connectivity index (χ3n) is 5.12. The van der Waals surface area contributed by atoms with Gasteiger partial charge in [-0.05, 0) is 49.4 Å². The number of aryl methyl sites for hydroxylation is 1. The first-order valence-electron chi connectivity index (χ1n) is 9.53. The van der Waals surface area contributed by atoms with Crippen LogP contribution in [-0.4, -0.2) is 56.7 Å². The van der Waals surface area contributed by atoms with E-state index in [-0.39, 0.29) is 6.10 Å². The molecule has 0 N–H and O–H groups in total. The van der Waals surface area contributed by atoms with Gasteiger partial charge in [-0.3, -0.25) is 0 Å². The van der Waals surface area contributed by atoms with Crippen molar-refractivity contribution < 1.29 is 9.47 Å². The highest BCUT2D eigenvalue weighted by Crippen LogP contribution is 2.32. The van der Waals surface area contributed by atoms with Gasteiger partial charge in [0.15, 0.2) is 0 Å². The molecule has 1 heterocycles. The van der Waals surface area contributed by atoms with E-state index in [2.05, 4.69) is 29.0 Å². The molecule has 0 spiro atoms. The van der Waals surface area contributed by atoms with Gasteiger partial charge in [-0.25, -0.2) is 0 Å². The zero-order chi connectivity index (χ0) is 19.2. The molecule has 2 aromatic carbocycles. The first kappa shape index (κ1) is 20.0. The van der Waals surface area contributed by atoms with Crippen LogP contribution in [0.5, 0.6) is 11.5 Å². The summed E-state index contributed by atoms with van der Waals surface area (Å²) in [5.41, 5.74) is 2.25. The van der Waals surface area contributed by atoms with E-state index in [0.29, 0.717) is 5.02 Å². The summed E-state index contributed by atoms with van der Waals surface area (Å²) in [4.78, 5) is 4.88. The summed E-state index contributed by atoms with van der Waals surface area (Å²) in [6.07, 6.45) is 0.834. The van der Waals surface area contributed by atoms with Crippen molar-refractivity contribution >= 4 is 11.6 Å². The molecule has 0 aliphatic carbocycles. The van der Waals surface area contributed by atoms with E-state index in [1.54, 1.807) is 7.11 Å². The number of hydrogen-bond acceptors (Lipinski definition) is 4. The molecule has 1 aliphatic rings. The summed E-state index contributed by atoms with van der Waals surface area (Å²) in [7, 11) is 3.87. The van der Waals surface area contributed by atoms with Crippen molar-refractivity contribution in [2.45, 2.75) is 19.4 Å². The van der Waals surface area contributed by atoms with Crippen molar-refractivity contribution in [2.75, 3.05) is 46.9 Å². The van der Waals surface area contributed by atoms with E-state index in [0.717, 1.165) is 61.8 Å². The molecule has 0 aromatic heterocycles. The number of piperazine rings is 1.